The lowest BCUT2D eigenvalue weighted by atomic mass is 9.74. The van der Waals surface area contributed by atoms with Crippen LogP contribution in [0.5, 0.6) is 5.75 Å². The number of amides is 1. The van der Waals surface area contributed by atoms with E-state index in [2.05, 4.69) is 31.3 Å². The molecular formula is C43H65FN6O3. The molecule has 2 aliphatic carbocycles. The number of piperidine rings is 1. The Hall–Kier alpha value is -2.76. The molecule has 0 bridgehead atoms. The van der Waals surface area contributed by atoms with E-state index in [0.29, 0.717) is 36.4 Å². The van der Waals surface area contributed by atoms with Crippen molar-refractivity contribution in [1.82, 2.24) is 26.0 Å². The first-order valence-corrected chi connectivity index (χ1v) is 21.3. The molecular weight excluding hydrogens is 668 g/mol. The smallest absolute Gasteiger partial charge is 0.251 e. The summed E-state index contributed by atoms with van der Waals surface area (Å²) in [7, 11) is 0. The van der Waals surface area contributed by atoms with Gasteiger partial charge < -0.3 is 25.8 Å². The minimum Gasteiger partial charge on any atom is -0.491 e. The van der Waals surface area contributed by atoms with Gasteiger partial charge >= 0.3 is 0 Å². The number of fused-ring (bicyclic) bond motifs is 1. The average Bonchev–Trinajstić information content (AvgIpc) is 3.70. The van der Waals surface area contributed by atoms with Gasteiger partial charge in [0.05, 0.1) is 25.0 Å². The lowest BCUT2D eigenvalue weighted by Gasteiger charge is -2.48. The summed E-state index contributed by atoms with van der Waals surface area (Å²) >= 11 is 0. The summed E-state index contributed by atoms with van der Waals surface area (Å²) in [6, 6.07) is 12.3. The maximum Gasteiger partial charge on any atom is 0.251 e. The van der Waals surface area contributed by atoms with Crippen LogP contribution in [0.15, 0.2) is 42.5 Å². The first-order valence-electron chi connectivity index (χ1n) is 21.3. The highest BCUT2D eigenvalue weighted by atomic mass is 19.1. The lowest BCUT2D eigenvalue weighted by molar-refractivity contribution is -0.0152. The zero-order valence-corrected chi connectivity index (χ0v) is 31.9. The van der Waals surface area contributed by atoms with Crippen LogP contribution in [0.1, 0.15) is 144 Å². The highest BCUT2D eigenvalue weighted by molar-refractivity contribution is 5.95. The molecule has 2 aromatic rings. The Balaban J connectivity index is 1.07. The Bertz CT molecular complexity index is 1460. The second-order valence-corrected chi connectivity index (χ2v) is 16.7. The molecule has 3 heterocycles. The van der Waals surface area contributed by atoms with Crippen LogP contribution in [-0.4, -0.2) is 77.7 Å². The molecule has 2 aromatic carbocycles. The fraction of sp³-hybridized carbons (Fsp3) is 0.698. The zero-order valence-electron chi connectivity index (χ0n) is 31.9. The van der Waals surface area contributed by atoms with Gasteiger partial charge in [-0.2, -0.15) is 0 Å². The van der Waals surface area contributed by atoms with Crippen molar-refractivity contribution in [2.24, 2.45) is 5.92 Å². The molecule has 4 unspecified atom stereocenters. The van der Waals surface area contributed by atoms with E-state index < -0.39 is 0 Å². The van der Waals surface area contributed by atoms with Crippen molar-refractivity contribution < 1.29 is 19.0 Å². The number of halogens is 1. The normalized spacial score (nSPS) is 28.0. The minimum absolute atomic E-state index is 0.0148. The fourth-order valence-electron chi connectivity index (χ4n) is 10.2. The number of β-amino-alcohol motifs (C(OH)–C–C–N with tert-alkyl or cyclic N) is 1. The number of hydrogen-bond acceptors (Lipinski definition) is 8. The Kier molecular flexibility index (Phi) is 13.6. The zero-order chi connectivity index (χ0) is 36.5. The molecule has 4 atom stereocenters. The number of ether oxygens (including phenoxy) is 1. The Labute approximate surface area is 317 Å². The van der Waals surface area contributed by atoms with E-state index in [1.165, 1.54) is 128 Å². The topological polar surface area (TPSA) is 101 Å². The van der Waals surface area contributed by atoms with Crippen LogP contribution in [0.2, 0.25) is 0 Å². The summed E-state index contributed by atoms with van der Waals surface area (Å²) in [5.41, 5.74) is 6.50. The van der Waals surface area contributed by atoms with Crippen LogP contribution >= 0.6 is 0 Å². The van der Waals surface area contributed by atoms with Gasteiger partial charge in [-0.1, -0.05) is 95.6 Å². The molecule has 292 valence electrons. The van der Waals surface area contributed by atoms with Gasteiger partial charge in [0, 0.05) is 47.6 Å². The molecule has 3 aliphatic heterocycles. The number of carbonyl (C=O) groups excluding carboxylic acids is 1. The number of nitrogens with zero attached hydrogens (tertiary/aromatic N) is 2. The highest BCUT2D eigenvalue weighted by Gasteiger charge is 2.48. The fourth-order valence-corrected chi connectivity index (χ4v) is 10.2. The maximum absolute atomic E-state index is 13.7. The van der Waals surface area contributed by atoms with Crippen molar-refractivity contribution >= 4 is 11.6 Å². The monoisotopic (exact) mass is 733 g/mol. The predicted octanol–water partition coefficient (Wildman–Crippen LogP) is 7.63. The van der Waals surface area contributed by atoms with Crippen LogP contribution in [0.4, 0.5) is 10.1 Å². The molecule has 5 aliphatic rings. The quantitative estimate of drug-likeness (QED) is 0.180. The van der Waals surface area contributed by atoms with E-state index in [9.17, 15) is 14.3 Å². The van der Waals surface area contributed by atoms with E-state index in [1.807, 2.05) is 24.3 Å². The summed E-state index contributed by atoms with van der Waals surface area (Å²) in [4.78, 5) is 16.0. The van der Waals surface area contributed by atoms with Crippen LogP contribution in [0, 0.1) is 11.7 Å². The summed E-state index contributed by atoms with van der Waals surface area (Å²) in [6.07, 6.45) is 25.0. The first-order chi connectivity index (χ1) is 26.0. The van der Waals surface area contributed by atoms with E-state index in [-0.39, 0.29) is 48.9 Å². The Morgan fingerprint density at radius 3 is 2.36 bits per heavy atom. The molecule has 0 radical (unpaired) electrons. The number of nitrogens with one attached hydrogen (secondary N) is 4. The SMILES string of the molecule is O=C(NC1COc2cc(F)ccc21)c1cccc(NCC2NN(C3CCCCCCC3)C(C3CCNC4(CCCCCCCCCC4)C3)N2CCO)c1. The van der Waals surface area contributed by atoms with Crippen LogP contribution in [0.25, 0.3) is 0 Å². The third-order valence-electron chi connectivity index (χ3n) is 13.0. The van der Waals surface area contributed by atoms with Gasteiger partial charge in [-0.05, 0) is 75.3 Å². The number of hydrogen-bond donors (Lipinski definition) is 5. The molecule has 4 fully saturated rings. The van der Waals surface area contributed by atoms with Gasteiger partial charge in [0.2, 0.25) is 0 Å². The van der Waals surface area contributed by atoms with Gasteiger partial charge in [-0.3, -0.25) is 9.69 Å². The summed E-state index contributed by atoms with van der Waals surface area (Å²) in [5.74, 6) is 0.467. The van der Waals surface area contributed by atoms with Crippen LogP contribution in [0.3, 0.4) is 0 Å². The number of aliphatic hydroxyl groups excluding tert-OH is 1. The van der Waals surface area contributed by atoms with Crippen molar-refractivity contribution in [1.29, 1.82) is 0 Å². The third-order valence-corrected chi connectivity index (χ3v) is 13.0. The molecule has 9 nitrogen and oxygen atoms in total. The third kappa shape index (κ3) is 9.74. The van der Waals surface area contributed by atoms with Crippen molar-refractivity contribution in [3.05, 3.63) is 59.4 Å². The second-order valence-electron chi connectivity index (χ2n) is 16.7. The summed E-state index contributed by atoms with van der Waals surface area (Å²) < 4.78 is 19.4. The molecule has 2 saturated carbocycles. The van der Waals surface area contributed by atoms with Crippen molar-refractivity contribution in [3.8, 4) is 5.75 Å². The molecule has 5 N–H and O–H groups in total. The lowest BCUT2D eigenvalue weighted by Crippen LogP contribution is -2.58. The van der Waals surface area contributed by atoms with Crippen LogP contribution < -0.4 is 26.1 Å². The van der Waals surface area contributed by atoms with Gasteiger partial charge in [0.25, 0.3) is 5.91 Å². The average molecular weight is 733 g/mol. The van der Waals surface area contributed by atoms with E-state index >= 15 is 0 Å². The number of rotatable bonds is 9. The molecule has 7 rings (SSSR count). The second kappa shape index (κ2) is 18.7. The van der Waals surface area contributed by atoms with Gasteiger partial charge in [0.1, 0.15) is 18.2 Å². The van der Waals surface area contributed by atoms with Crippen molar-refractivity contribution in [2.45, 2.75) is 152 Å². The number of carbonyl (C=O) groups is 1. The largest absolute Gasteiger partial charge is 0.491 e. The molecule has 10 heteroatoms. The number of benzene rings is 2. The first kappa shape index (κ1) is 38.5. The maximum atomic E-state index is 13.7. The van der Waals surface area contributed by atoms with Gasteiger partial charge in [-0.25, -0.2) is 14.8 Å². The molecule has 53 heavy (non-hydrogen) atoms. The van der Waals surface area contributed by atoms with Crippen LogP contribution in [-0.2, 0) is 0 Å². The van der Waals surface area contributed by atoms with Crippen molar-refractivity contribution in [2.75, 3.05) is 38.2 Å². The molecule has 0 aromatic heterocycles. The summed E-state index contributed by atoms with van der Waals surface area (Å²) in [5, 5.41) is 24.0. The Morgan fingerprint density at radius 2 is 1.62 bits per heavy atom. The van der Waals surface area contributed by atoms with Gasteiger partial charge in [0.15, 0.2) is 0 Å². The highest BCUT2D eigenvalue weighted by Crippen LogP contribution is 2.41. The molecule has 2 saturated heterocycles. The number of hydrazine groups is 1. The van der Waals surface area contributed by atoms with Gasteiger partial charge in [-0.15, -0.1) is 0 Å². The van der Waals surface area contributed by atoms with E-state index in [4.69, 9.17) is 4.74 Å². The predicted molar refractivity (Wildman–Crippen MR) is 209 cm³/mol. The Morgan fingerprint density at radius 1 is 0.906 bits per heavy atom. The minimum atomic E-state index is -0.348. The van der Waals surface area contributed by atoms with Crippen molar-refractivity contribution in [3.63, 3.8) is 0 Å². The molecule has 1 amide bonds. The number of anilines is 1. The number of aliphatic hydroxyl groups is 1. The standard InChI is InChI=1S/C43H65FN6O3/c44-34-19-20-37-38(31-53-39(37)28-34)47-41(52)32-15-14-16-35(27-32)45-30-40-48-50(36-17-10-6-5-7-11-18-36)42(49(40)25-26-51)33-21-24-46-43(29-33)22-12-8-3-1-2-4-9-13-23-43/h14-16,19-20,27-28,33,36,38,40,42,45-46,48,51H,1-13,17-18,21-26,29-31H2,(H,47,52). The molecule has 1 spiro atoms. The van der Waals surface area contributed by atoms with E-state index in [1.54, 1.807) is 6.07 Å². The van der Waals surface area contributed by atoms with E-state index in [0.717, 1.165) is 24.2 Å². The summed E-state index contributed by atoms with van der Waals surface area (Å²) in [6.45, 7) is 2.75.